The third kappa shape index (κ3) is 3.65. The van der Waals surface area contributed by atoms with E-state index in [1.165, 1.54) is 0 Å². The van der Waals surface area contributed by atoms with Gasteiger partial charge in [-0.2, -0.15) is 5.10 Å². The van der Waals surface area contributed by atoms with Crippen LogP contribution in [0, 0.1) is 0 Å². The highest BCUT2D eigenvalue weighted by Gasteiger charge is 2.17. The Labute approximate surface area is 129 Å². The van der Waals surface area contributed by atoms with Crippen LogP contribution in [0.5, 0.6) is 5.75 Å². The summed E-state index contributed by atoms with van der Waals surface area (Å²) in [6.45, 7) is 2.19. The van der Waals surface area contributed by atoms with Gasteiger partial charge in [-0.15, -0.1) is 0 Å². The van der Waals surface area contributed by atoms with Gasteiger partial charge in [0.1, 0.15) is 11.4 Å². The molecule has 0 aliphatic heterocycles. The molecule has 0 saturated carbocycles. The van der Waals surface area contributed by atoms with E-state index in [1.807, 2.05) is 24.3 Å². The molecule has 2 N–H and O–H groups in total. The number of H-pyrrole nitrogens is 1. The van der Waals surface area contributed by atoms with Crippen LogP contribution in [-0.2, 0) is 0 Å². The first-order valence-electron chi connectivity index (χ1n) is 7.15. The van der Waals surface area contributed by atoms with Gasteiger partial charge in [-0.3, -0.25) is 9.89 Å². The van der Waals surface area contributed by atoms with Gasteiger partial charge in [0.15, 0.2) is 0 Å². The number of aromatic nitrogens is 2. The van der Waals surface area contributed by atoms with Crippen LogP contribution in [0.15, 0.2) is 30.3 Å². The topological polar surface area (TPSA) is 78.5 Å². The molecule has 0 spiro atoms. The minimum absolute atomic E-state index is 0.158. The molecule has 2 rings (SSSR count). The Morgan fingerprint density at radius 1 is 1.45 bits per heavy atom. The van der Waals surface area contributed by atoms with Crippen LogP contribution >= 0.6 is 0 Å². The number of carbonyl (C=O) groups is 1. The highest BCUT2D eigenvalue weighted by Crippen LogP contribution is 2.28. The maximum absolute atomic E-state index is 12.3. The van der Waals surface area contributed by atoms with Crippen molar-refractivity contribution in [1.29, 1.82) is 0 Å². The van der Waals surface area contributed by atoms with Gasteiger partial charge in [0.2, 0.25) is 0 Å². The van der Waals surface area contributed by atoms with E-state index in [0.29, 0.717) is 30.1 Å². The van der Waals surface area contributed by atoms with Crippen LogP contribution in [0.2, 0.25) is 0 Å². The van der Waals surface area contributed by atoms with E-state index in [-0.39, 0.29) is 5.91 Å². The van der Waals surface area contributed by atoms with Crippen molar-refractivity contribution in [3.05, 3.63) is 36.0 Å². The van der Waals surface area contributed by atoms with E-state index in [4.69, 9.17) is 4.74 Å². The summed E-state index contributed by atoms with van der Waals surface area (Å²) in [5.41, 5.74) is 1.89. The summed E-state index contributed by atoms with van der Waals surface area (Å²) in [4.78, 5) is 13.9. The predicted octanol–water partition coefficient (Wildman–Crippen LogP) is 1.93. The number of hydrogen-bond acceptors (Lipinski definition) is 4. The molecule has 1 aromatic carbocycles. The predicted molar refractivity (Wildman–Crippen MR) is 83.8 cm³/mol. The third-order valence-electron chi connectivity index (χ3n) is 3.42. The fraction of sp³-hybridized carbons (Fsp3) is 0.375. The van der Waals surface area contributed by atoms with Crippen LogP contribution in [0.3, 0.4) is 0 Å². The number of benzene rings is 1. The molecule has 118 valence electrons. The van der Waals surface area contributed by atoms with Gasteiger partial charge in [0.05, 0.1) is 18.9 Å². The van der Waals surface area contributed by atoms with E-state index < -0.39 is 6.10 Å². The van der Waals surface area contributed by atoms with E-state index in [2.05, 4.69) is 10.2 Å². The molecule has 1 atom stereocenters. The van der Waals surface area contributed by atoms with Crippen molar-refractivity contribution in [2.45, 2.75) is 19.4 Å². The van der Waals surface area contributed by atoms with E-state index in [9.17, 15) is 9.90 Å². The van der Waals surface area contributed by atoms with Crippen LogP contribution in [0.25, 0.3) is 11.3 Å². The minimum atomic E-state index is -0.429. The monoisotopic (exact) mass is 303 g/mol. The van der Waals surface area contributed by atoms with E-state index >= 15 is 0 Å². The number of carbonyl (C=O) groups excluding carboxylic acids is 1. The highest BCUT2D eigenvalue weighted by atomic mass is 16.5. The molecule has 0 saturated heterocycles. The molecule has 22 heavy (non-hydrogen) atoms. The molecule has 1 heterocycles. The lowest BCUT2D eigenvalue weighted by Gasteiger charge is -2.16. The first kappa shape index (κ1) is 16.0. The summed E-state index contributed by atoms with van der Waals surface area (Å²) in [6.07, 6.45) is 0.108. The first-order valence-corrected chi connectivity index (χ1v) is 7.15. The fourth-order valence-corrected chi connectivity index (χ4v) is 2.11. The largest absolute Gasteiger partial charge is 0.496 e. The quantitative estimate of drug-likeness (QED) is 0.854. The highest BCUT2D eigenvalue weighted by molar-refractivity contribution is 5.93. The molecule has 1 amide bonds. The van der Waals surface area contributed by atoms with Crippen molar-refractivity contribution in [1.82, 2.24) is 15.1 Å². The molecule has 6 nitrogen and oxygen atoms in total. The van der Waals surface area contributed by atoms with Gasteiger partial charge >= 0.3 is 0 Å². The Bertz CT molecular complexity index is 637. The molecule has 1 unspecified atom stereocenters. The maximum atomic E-state index is 12.3. The van der Waals surface area contributed by atoms with E-state index in [1.54, 1.807) is 32.0 Å². The molecular formula is C16H21N3O3. The lowest BCUT2D eigenvalue weighted by Crippen LogP contribution is -2.29. The van der Waals surface area contributed by atoms with Crippen molar-refractivity contribution in [3.8, 4) is 17.0 Å². The van der Waals surface area contributed by atoms with Crippen LogP contribution < -0.4 is 4.74 Å². The molecule has 0 aliphatic carbocycles. The number of nitrogens with zero attached hydrogens (tertiary/aromatic N) is 2. The van der Waals surface area contributed by atoms with Crippen molar-refractivity contribution in [2.75, 3.05) is 20.7 Å². The number of rotatable bonds is 6. The van der Waals surface area contributed by atoms with Crippen LogP contribution in [-0.4, -0.2) is 52.9 Å². The molecule has 2 aromatic rings. The molecule has 0 bridgehead atoms. The van der Waals surface area contributed by atoms with Crippen molar-refractivity contribution >= 4 is 5.91 Å². The smallest absolute Gasteiger partial charge is 0.271 e. The van der Waals surface area contributed by atoms with Gasteiger partial charge in [-0.05, 0) is 31.5 Å². The average molecular weight is 303 g/mol. The minimum Gasteiger partial charge on any atom is -0.496 e. The second-order valence-electron chi connectivity index (χ2n) is 5.23. The standard InChI is InChI=1S/C16H21N3O3/c1-11(20)8-9-19(2)16(21)14-10-13(17-18-14)12-6-4-5-7-15(12)22-3/h4-7,10-11,20H,8-9H2,1-3H3,(H,17,18). The summed E-state index contributed by atoms with van der Waals surface area (Å²) in [7, 11) is 3.30. The zero-order valence-corrected chi connectivity index (χ0v) is 13.0. The number of hydrogen-bond donors (Lipinski definition) is 2. The summed E-state index contributed by atoms with van der Waals surface area (Å²) < 4.78 is 5.30. The summed E-state index contributed by atoms with van der Waals surface area (Å²) >= 11 is 0. The number of nitrogens with one attached hydrogen (secondary N) is 1. The first-order chi connectivity index (χ1) is 10.5. The Morgan fingerprint density at radius 3 is 2.86 bits per heavy atom. The average Bonchev–Trinajstić information content (AvgIpc) is 3.01. The number of ether oxygens (including phenoxy) is 1. The molecule has 0 aliphatic rings. The number of aliphatic hydroxyl groups is 1. The molecule has 1 aromatic heterocycles. The lowest BCUT2D eigenvalue weighted by atomic mass is 10.1. The molecule has 6 heteroatoms. The Kier molecular flexibility index (Phi) is 5.16. The van der Waals surface area contributed by atoms with E-state index in [0.717, 1.165) is 5.56 Å². The summed E-state index contributed by atoms with van der Waals surface area (Å²) in [6, 6.07) is 9.22. The number of methoxy groups -OCH3 is 1. The molecule has 0 fully saturated rings. The summed E-state index contributed by atoms with van der Waals surface area (Å²) in [5.74, 6) is 0.546. The van der Waals surface area contributed by atoms with Gasteiger partial charge in [-0.1, -0.05) is 12.1 Å². The van der Waals surface area contributed by atoms with Crippen LogP contribution in [0.4, 0.5) is 0 Å². The Hall–Kier alpha value is -2.34. The van der Waals surface area contributed by atoms with Gasteiger partial charge in [0, 0.05) is 19.2 Å². The Morgan fingerprint density at radius 2 is 2.18 bits per heavy atom. The Balaban J connectivity index is 2.15. The zero-order chi connectivity index (χ0) is 16.1. The van der Waals surface area contributed by atoms with Crippen molar-refractivity contribution in [2.24, 2.45) is 0 Å². The molecular weight excluding hydrogens is 282 g/mol. The lowest BCUT2D eigenvalue weighted by molar-refractivity contribution is 0.0763. The fourth-order valence-electron chi connectivity index (χ4n) is 2.11. The van der Waals surface area contributed by atoms with Gasteiger partial charge < -0.3 is 14.7 Å². The SMILES string of the molecule is COc1ccccc1-c1cc(C(=O)N(C)CCC(C)O)[nH]n1. The second kappa shape index (κ2) is 7.09. The second-order valence-corrected chi connectivity index (χ2v) is 5.23. The zero-order valence-electron chi connectivity index (χ0n) is 13.0. The van der Waals surface area contributed by atoms with Gasteiger partial charge in [0.25, 0.3) is 5.91 Å². The molecule has 0 radical (unpaired) electrons. The third-order valence-corrected chi connectivity index (χ3v) is 3.42. The number of aromatic amines is 1. The number of amides is 1. The summed E-state index contributed by atoms with van der Waals surface area (Å²) in [5, 5.41) is 16.2. The number of aliphatic hydroxyl groups excluding tert-OH is 1. The van der Waals surface area contributed by atoms with Crippen molar-refractivity contribution in [3.63, 3.8) is 0 Å². The van der Waals surface area contributed by atoms with Gasteiger partial charge in [-0.25, -0.2) is 0 Å². The number of para-hydroxylation sites is 1. The van der Waals surface area contributed by atoms with Crippen molar-refractivity contribution < 1.29 is 14.6 Å². The normalized spacial score (nSPS) is 12.0. The maximum Gasteiger partial charge on any atom is 0.271 e. The van der Waals surface area contributed by atoms with Crippen LogP contribution in [0.1, 0.15) is 23.8 Å².